The first-order valence-electron chi connectivity index (χ1n) is 7.35. The summed E-state index contributed by atoms with van der Waals surface area (Å²) >= 11 is 0. The van der Waals surface area contributed by atoms with Gasteiger partial charge in [-0.15, -0.1) is 0 Å². The molecule has 7 nitrogen and oxygen atoms in total. The number of benzene rings is 1. The van der Waals surface area contributed by atoms with Crippen LogP contribution in [0.1, 0.15) is 25.5 Å². The van der Waals surface area contributed by atoms with Crippen LogP contribution in [0.2, 0.25) is 0 Å². The number of hydrogen-bond donors (Lipinski definition) is 2. The fourth-order valence-corrected chi connectivity index (χ4v) is 3.28. The Morgan fingerprint density at radius 3 is 2.22 bits per heavy atom. The lowest BCUT2D eigenvalue weighted by molar-refractivity contribution is 0.296. The normalized spacial score (nSPS) is 13.4. The number of nitrogens with zero attached hydrogens (tertiary/aromatic N) is 1. The molecular weight excluding hydrogens is 318 g/mol. The number of nitrogens with one attached hydrogen (secondary N) is 2. The Hall–Kier alpha value is -1.35. The number of hydrogen-bond acceptors (Lipinski definition) is 5. The molecule has 0 bridgehead atoms. The molecule has 0 aliphatic carbocycles. The van der Waals surface area contributed by atoms with Gasteiger partial charge in [-0.1, -0.05) is 6.07 Å². The van der Waals surface area contributed by atoms with Gasteiger partial charge in [0.25, 0.3) is 10.2 Å². The molecule has 2 N–H and O–H groups in total. The van der Waals surface area contributed by atoms with Crippen LogP contribution in [-0.4, -0.2) is 54.2 Å². The molecule has 0 fully saturated rings. The van der Waals surface area contributed by atoms with Crippen molar-refractivity contribution >= 4 is 10.2 Å². The van der Waals surface area contributed by atoms with Gasteiger partial charge in [0.05, 0.1) is 14.2 Å². The van der Waals surface area contributed by atoms with Crippen LogP contribution in [-0.2, 0) is 10.2 Å². The molecule has 1 aromatic carbocycles. The Morgan fingerprint density at radius 2 is 1.74 bits per heavy atom. The van der Waals surface area contributed by atoms with Gasteiger partial charge in [0, 0.05) is 18.6 Å². The smallest absolute Gasteiger partial charge is 0.277 e. The summed E-state index contributed by atoms with van der Waals surface area (Å²) in [6, 6.07) is 5.26. The van der Waals surface area contributed by atoms with E-state index < -0.39 is 10.2 Å². The molecule has 0 aliphatic rings. The summed E-state index contributed by atoms with van der Waals surface area (Å²) in [7, 11) is 3.41. The highest BCUT2D eigenvalue weighted by Crippen LogP contribution is 2.31. The predicted octanol–water partition coefficient (Wildman–Crippen LogP) is 1.14. The van der Waals surface area contributed by atoms with Gasteiger partial charge in [-0.05, 0) is 45.6 Å². The molecule has 0 spiro atoms. The van der Waals surface area contributed by atoms with Crippen LogP contribution in [0.15, 0.2) is 18.2 Å². The lowest BCUT2D eigenvalue weighted by Crippen LogP contribution is -2.43. The monoisotopic (exact) mass is 345 g/mol. The second-order valence-electron chi connectivity index (χ2n) is 5.72. The third-order valence-electron chi connectivity index (χ3n) is 3.27. The van der Waals surface area contributed by atoms with Gasteiger partial charge < -0.3 is 14.4 Å². The third kappa shape index (κ3) is 5.98. The zero-order chi connectivity index (χ0) is 17.6. The van der Waals surface area contributed by atoms with Crippen LogP contribution in [0.4, 0.5) is 0 Å². The maximum atomic E-state index is 11.9. The molecule has 1 atom stereocenters. The predicted molar refractivity (Wildman–Crippen MR) is 91.2 cm³/mol. The largest absolute Gasteiger partial charge is 0.493 e. The SMILES string of the molecule is COc1ccc(C(CNS(=O)(=O)NC(C)C)N(C)C)cc1OC. The Morgan fingerprint density at radius 1 is 1.13 bits per heavy atom. The molecule has 0 saturated heterocycles. The minimum absolute atomic E-state index is 0.140. The molecule has 0 aromatic heterocycles. The first-order chi connectivity index (χ1) is 10.7. The molecular formula is C15H27N3O4S. The highest BCUT2D eigenvalue weighted by molar-refractivity contribution is 7.87. The van der Waals surface area contributed by atoms with E-state index in [4.69, 9.17) is 9.47 Å². The van der Waals surface area contributed by atoms with Crippen molar-refractivity contribution in [3.05, 3.63) is 23.8 Å². The van der Waals surface area contributed by atoms with Crippen LogP contribution >= 0.6 is 0 Å². The summed E-state index contributed by atoms with van der Waals surface area (Å²) in [6.45, 7) is 3.79. The van der Waals surface area contributed by atoms with Gasteiger partial charge in [-0.2, -0.15) is 13.1 Å². The first kappa shape index (κ1) is 19.7. The van der Waals surface area contributed by atoms with Crippen molar-refractivity contribution < 1.29 is 17.9 Å². The van der Waals surface area contributed by atoms with Crippen molar-refractivity contribution in [2.24, 2.45) is 0 Å². The summed E-state index contributed by atoms with van der Waals surface area (Å²) in [5.74, 6) is 1.25. The van der Waals surface area contributed by atoms with E-state index in [9.17, 15) is 8.42 Å². The summed E-state index contributed by atoms with van der Waals surface area (Å²) < 4.78 is 39.5. The van der Waals surface area contributed by atoms with E-state index in [0.29, 0.717) is 11.5 Å². The Labute approximate surface area is 139 Å². The van der Waals surface area contributed by atoms with Gasteiger partial charge in [-0.25, -0.2) is 4.72 Å². The molecule has 0 heterocycles. The summed E-state index contributed by atoms with van der Waals surface area (Å²) in [5.41, 5.74) is 0.930. The zero-order valence-corrected chi connectivity index (χ0v) is 15.4. The maximum absolute atomic E-state index is 11.9. The topological polar surface area (TPSA) is 79.9 Å². The average molecular weight is 345 g/mol. The zero-order valence-electron chi connectivity index (χ0n) is 14.6. The van der Waals surface area contributed by atoms with Crippen LogP contribution in [0.5, 0.6) is 11.5 Å². The fourth-order valence-electron chi connectivity index (χ4n) is 2.20. The van der Waals surface area contributed by atoms with Crippen LogP contribution in [0, 0.1) is 0 Å². The second kappa shape index (κ2) is 8.49. The third-order valence-corrected chi connectivity index (χ3v) is 4.60. The quantitative estimate of drug-likeness (QED) is 0.702. The van der Waals surface area contributed by atoms with Crippen molar-refractivity contribution in [2.75, 3.05) is 34.9 Å². The number of methoxy groups -OCH3 is 2. The lowest BCUT2D eigenvalue weighted by atomic mass is 10.1. The van der Waals surface area contributed by atoms with Crippen molar-refractivity contribution in [3.8, 4) is 11.5 Å². The molecule has 23 heavy (non-hydrogen) atoms. The van der Waals surface area contributed by atoms with E-state index in [0.717, 1.165) is 5.56 Å². The maximum Gasteiger partial charge on any atom is 0.277 e. The van der Waals surface area contributed by atoms with Gasteiger partial charge >= 0.3 is 0 Å². The number of ether oxygens (including phenoxy) is 2. The average Bonchev–Trinajstić information content (AvgIpc) is 2.45. The molecule has 132 valence electrons. The second-order valence-corrected chi connectivity index (χ2v) is 7.25. The van der Waals surface area contributed by atoms with E-state index in [1.165, 1.54) is 0 Å². The van der Waals surface area contributed by atoms with Crippen LogP contribution < -0.4 is 18.9 Å². The van der Waals surface area contributed by atoms with Gasteiger partial charge in [-0.3, -0.25) is 0 Å². The molecule has 0 aliphatic heterocycles. The molecule has 0 radical (unpaired) electrons. The molecule has 1 aromatic rings. The van der Waals surface area contributed by atoms with E-state index in [1.54, 1.807) is 28.1 Å². The summed E-state index contributed by atoms with van der Waals surface area (Å²) in [5, 5.41) is 0. The highest BCUT2D eigenvalue weighted by atomic mass is 32.2. The first-order valence-corrected chi connectivity index (χ1v) is 8.83. The fraction of sp³-hybridized carbons (Fsp3) is 0.600. The van der Waals surface area contributed by atoms with Crippen molar-refractivity contribution in [1.29, 1.82) is 0 Å². The van der Waals surface area contributed by atoms with E-state index >= 15 is 0 Å². The molecule has 1 rings (SSSR count). The number of rotatable bonds is 9. The van der Waals surface area contributed by atoms with Gasteiger partial charge in [0.1, 0.15) is 0 Å². The Balaban J connectivity index is 2.95. The number of likely N-dealkylation sites (N-methyl/N-ethyl adjacent to an activating group) is 1. The van der Waals surface area contributed by atoms with Crippen molar-refractivity contribution in [3.63, 3.8) is 0 Å². The molecule has 0 saturated carbocycles. The minimum Gasteiger partial charge on any atom is -0.493 e. The van der Waals surface area contributed by atoms with Crippen LogP contribution in [0.3, 0.4) is 0 Å². The minimum atomic E-state index is -3.53. The Bertz CT molecular complexity index is 603. The summed E-state index contributed by atoms with van der Waals surface area (Å²) in [4.78, 5) is 1.94. The molecule has 1 unspecified atom stereocenters. The Kier molecular flexibility index (Phi) is 7.27. The lowest BCUT2D eigenvalue weighted by Gasteiger charge is -2.26. The van der Waals surface area contributed by atoms with E-state index in [1.807, 2.05) is 37.2 Å². The van der Waals surface area contributed by atoms with Gasteiger partial charge in [0.15, 0.2) is 11.5 Å². The van der Waals surface area contributed by atoms with E-state index in [2.05, 4.69) is 9.44 Å². The van der Waals surface area contributed by atoms with Crippen molar-refractivity contribution in [1.82, 2.24) is 14.3 Å². The van der Waals surface area contributed by atoms with Gasteiger partial charge in [0.2, 0.25) is 0 Å². The standard InChI is InChI=1S/C15H27N3O4S/c1-11(2)17-23(19,20)16-10-13(18(3)4)12-7-8-14(21-5)15(9-12)22-6/h7-9,11,13,16-17H,10H2,1-6H3. The van der Waals surface area contributed by atoms with Crippen molar-refractivity contribution in [2.45, 2.75) is 25.9 Å². The molecule has 0 amide bonds. The molecule has 8 heteroatoms. The van der Waals surface area contributed by atoms with E-state index in [-0.39, 0.29) is 18.6 Å². The van der Waals surface area contributed by atoms with Crippen LogP contribution in [0.25, 0.3) is 0 Å². The highest BCUT2D eigenvalue weighted by Gasteiger charge is 2.20. The summed E-state index contributed by atoms with van der Waals surface area (Å²) in [6.07, 6.45) is 0.